The van der Waals surface area contributed by atoms with E-state index in [1.165, 1.54) is 19.2 Å². The summed E-state index contributed by atoms with van der Waals surface area (Å²) in [4.78, 5) is 37.6. The number of benzene rings is 4. The van der Waals surface area contributed by atoms with E-state index in [9.17, 15) is 19.7 Å². The van der Waals surface area contributed by atoms with Crippen molar-refractivity contribution in [2.24, 2.45) is 5.92 Å². The van der Waals surface area contributed by atoms with Crippen LogP contribution in [0, 0.1) is 16.0 Å². The van der Waals surface area contributed by atoms with Gasteiger partial charge in [0.1, 0.15) is 17.5 Å². The fourth-order valence-electron chi connectivity index (χ4n) is 5.65. The largest absolute Gasteiger partial charge is 0.468 e. The second-order valence-corrected chi connectivity index (χ2v) is 11.8. The number of non-ortho nitro benzene ring substituents is 1. The maximum absolute atomic E-state index is 13.9. The van der Waals surface area contributed by atoms with Crippen LogP contribution in [0.15, 0.2) is 134 Å². The van der Waals surface area contributed by atoms with E-state index in [-0.39, 0.29) is 38.5 Å². The molecule has 2 atom stereocenters. The molecule has 4 rings (SSSR count). The number of Topliss-reactive ketones (excluding diaryl/α,β-unsaturated/α-hetero) is 1. The molecule has 4 aromatic rings. The van der Waals surface area contributed by atoms with Crippen molar-refractivity contribution in [2.45, 2.75) is 121 Å². The molecule has 8 heteroatoms. The highest BCUT2D eigenvalue weighted by molar-refractivity contribution is 5.99. The molecule has 0 aliphatic heterocycles. The summed E-state index contributed by atoms with van der Waals surface area (Å²) >= 11 is 0. The molecule has 0 bridgehead atoms. The van der Waals surface area contributed by atoms with Crippen molar-refractivity contribution >= 4 is 17.4 Å². The molecule has 0 saturated heterocycles. The van der Waals surface area contributed by atoms with Crippen molar-refractivity contribution in [3.05, 3.63) is 155 Å². The minimum Gasteiger partial charge on any atom is -0.468 e. The molecular formula is C51H75NO7. The third kappa shape index (κ3) is 23.0. The lowest BCUT2D eigenvalue weighted by atomic mass is 9.81. The summed E-state index contributed by atoms with van der Waals surface area (Å²) in [5.41, 5.74) is 2.75. The van der Waals surface area contributed by atoms with Gasteiger partial charge in [-0.05, 0) is 67.0 Å². The zero-order valence-corrected chi connectivity index (χ0v) is 37.2. The third-order valence-corrected chi connectivity index (χ3v) is 8.23. The minimum absolute atomic E-state index is 0. The van der Waals surface area contributed by atoms with Gasteiger partial charge < -0.3 is 14.2 Å². The Morgan fingerprint density at radius 3 is 1.81 bits per heavy atom. The molecule has 0 heterocycles. The lowest BCUT2D eigenvalue weighted by molar-refractivity contribution is -0.384. The van der Waals surface area contributed by atoms with Crippen LogP contribution in [0.5, 0.6) is 5.75 Å². The Balaban J connectivity index is -0.00000200. The summed E-state index contributed by atoms with van der Waals surface area (Å²) in [5.74, 6) is -1.54. The van der Waals surface area contributed by atoms with Crippen LogP contribution in [0.3, 0.4) is 0 Å². The van der Waals surface area contributed by atoms with Crippen LogP contribution in [0.4, 0.5) is 5.69 Å². The van der Waals surface area contributed by atoms with Crippen LogP contribution in [0.2, 0.25) is 0 Å². The standard InChI is InChI=1S/C37H39NO7.C5H8.4C2H6.CH4/c1-3-22-37(23-21-28-11-6-4-7-12-28,45-27-44-33-19-17-31(18-20-33)30-14-8-5-9-15-30)26-35(39)34(36(40)43-2)25-29-13-10-16-32(24-29)38(41)42;1-3-5-4-2;4*1-2;/h4-20,24,34H,3,21-23,25-27H2,1-2H3;3-5H,1H2,2H3;4*1-2H3;1H4/b;5-4-;;;;;/t34?,37-;;;;;;/m1....../s1. The van der Waals surface area contributed by atoms with Crippen molar-refractivity contribution in [1.82, 2.24) is 0 Å². The Morgan fingerprint density at radius 1 is 0.780 bits per heavy atom. The van der Waals surface area contributed by atoms with Gasteiger partial charge >= 0.3 is 5.97 Å². The van der Waals surface area contributed by atoms with E-state index in [1.54, 1.807) is 18.2 Å². The number of ketones is 1. The molecule has 0 amide bonds. The first-order chi connectivity index (χ1) is 28.2. The van der Waals surface area contributed by atoms with E-state index >= 15 is 0 Å². The van der Waals surface area contributed by atoms with Crippen LogP contribution in [0.1, 0.15) is 113 Å². The predicted octanol–water partition coefficient (Wildman–Crippen LogP) is 14.3. The van der Waals surface area contributed by atoms with Crippen molar-refractivity contribution < 1.29 is 28.7 Å². The Hall–Kier alpha value is -5.34. The zero-order chi connectivity index (χ0) is 44.2. The van der Waals surface area contributed by atoms with Crippen molar-refractivity contribution in [1.29, 1.82) is 0 Å². The first kappa shape index (κ1) is 58.0. The van der Waals surface area contributed by atoms with Crippen molar-refractivity contribution in [3.63, 3.8) is 0 Å². The molecule has 0 aliphatic carbocycles. The molecule has 326 valence electrons. The maximum atomic E-state index is 13.9. The molecule has 0 aliphatic rings. The van der Waals surface area contributed by atoms with Gasteiger partial charge in [0.25, 0.3) is 5.69 Å². The monoisotopic (exact) mass is 814 g/mol. The Kier molecular flexibility index (Phi) is 36.3. The van der Waals surface area contributed by atoms with Gasteiger partial charge in [0.05, 0.1) is 17.6 Å². The fourth-order valence-corrected chi connectivity index (χ4v) is 5.65. The number of carbonyl (C=O) groups excluding carboxylic acids is 2. The molecule has 0 saturated carbocycles. The minimum atomic E-state index is -1.14. The van der Waals surface area contributed by atoms with Crippen LogP contribution < -0.4 is 4.74 Å². The zero-order valence-electron chi connectivity index (χ0n) is 37.2. The Morgan fingerprint density at radius 2 is 1.32 bits per heavy atom. The van der Waals surface area contributed by atoms with Gasteiger partial charge in [-0.15, -0.1) is 0 Å². The summed E-state index contributed by atoms with van der Waals surface area (Å²) in [6.07, 6.45) is 8.00. The van der Waals surface area contributed by atoms with Crippen LogP contribution in [0.25, 0.3) is 11.1 Å². The van der Waals surface area contributed by atoms with Crippen molar-refractivity contribution in [2.75, 3.05) is 13.9 Å². The molecule has 0 radical (unpaired) electrons. The fraction of sp³-hybridized carbons (Fsp3) is 0.412. The molecule has 0 aromatic heterocycles. The van der Waals surface area contributed by atoms with Gasteiger partial charge in [0.2, 0.25) is 0 Å². The summed E-state index contributed by atoms with van der Waals surface area (Å²) in [6, 6.07) is 33.7. The number of esters is 1. The second-order valence-electron chi connectivity index (χ2n) is 11.8. The lowest BCUT2D eigenvalue weighted by Crippen LogP contribution is -2.40. The number of nitro groups is 1. The molecule has 59 heavy (non-hydrogen) atoms. The van der Waals surface area contributed by atoms with E-state index < -0.39 is 22.4 Å². The first-order valence-electron chi connectivity index (χ1n) is 20.8. The highest BCUT2D eigenvalue weighted by Crippen LogP contribution is 2.32. The highest BCUT2D eigenvalue weighted by atomic mass is 16.7. The quantitative estimate of drug-likeness (QED) is 0.0246. The number of nitro benzene ring substituents is 1. The van der Waals surface area contributed by atoms with Crippen LogP contribution in [-0.2, 0) is 31.9 Å². The van der Waals surface area contributed by atoms with E-state index in [2.05, 4.69) is 6.58 Å². The van der Waals surface area contributed by atoms with E-state index in [0.717, 1.165) is 23.1 Å². The second kappa shape index (κ2) is 37.0. The molecular weight excluding hydrogens is 739 g/mol. The van der Waals surface area contributed by atoms with Crippen molar-refractivity contribution in [3.8, 4) is 16.9 Å². The number of hydrogen-bond donors (Lipinski definition) is 0. The summed E-state index contributed by atoms with van der Waals surface area (Å²) < 4.78 is 17.5. The Labute approximate surface area is 357 Å². The highest BCUT2D eigenvalue weighted by Gasteiger charge is 2.38. The number of hydrogen-bond acceptors (Lipinski definition) is 7. The van der Waals surface area contributed by atoms with E-state index in [1.807, 2.05) is 166 Å². The topological polar surface area (TPSA) is 105 Å². The van der Waals surface area contributed by atoms with Gasteiger partial charge in [0.15, 0.2) is 6.79 Å². The molecule has 0 N–H and O–H groups in total. The molecule has 8 nitrogen and oxygen atoms in total. The Bertz CT molecular complexity index is 1670. The van der Waals surface area contributed by atoms with Gasteiger partial charge in [0, 0.05) is 18.6 Å². The van der Waals surface area contributed by atoms with Gasteiger partial charge in [-0.3, -0.25) is 19.7 Å². The molecule has 4 aromatic carbocycles. The smallest absolute Gasteiger partial charge is 0.316 e. The number of carbonyl (C=O) groups is 2. The number of allylic oxidation sites excluding steroid dienone is 3. The molecule has 0 fully saturated rings. The number of aryl methyl sites for hydroxylation is 1. The summed E-state index contributed by atoms with van der Waals surface area (Å²) in [6.45, 7) is 23.4. The number of ether oxygens (including phenoxy) is 3. The normalized spacial score (nSPS) is 11.0. The third-order valence-electron chi connectivity index (χ3n) is 8.23. The SMILES string of the molecule is C.C=C/C=C\C.CC.CC.CC.CC.CCC[C@@](CCc1ccccc1)(CC(=O)C(Cc1cccc([N+](=O)[O-])c1)C(=O)OC)OCOc1ccc(-c2ccccc2)cc1. The van der Waals surface area contributed by atoms with Crippen LogP contribution >= 0.6 is 0 Å². The van der Waals surface area contributed by atoms with Gasteiger partial charge in [-0.1, -0.05) is 186 Å². The summed E-state index contributed by atoms with van der Waals surface area (Å²) in [5, 5.41) is 11.3. The first-order valence-corrected chi connectivity index (χ1v) is 20.8. The van der Waals surface area contributed by atoms with Gasteiger partial charge in [-0.25, -0.2) is 0 Å². The average molecular weight is 814 g/mol. The maximum Gasteiger partial charge on any atom is 0.316 e. The van der Waals surface area contributed by atoms with E-state index in [0.29, 0.717) is 30.6 Å². The van der Waals surface area contributed by atoms with Crippen LogP contribution in [-0.4, -0.2) is 36.2 Å². The average Bonchev–Trinajstić information content (AvgIpc) is 3.29. The number of rotatable bonds is 18. The number of nitrogens with zero attached hydrogens (tertiary/aromatic N) is 1. The number of methoxy groups -OCH3 is 1. The molecule has 1 unspecified atom stereocenters. The molecule has 0 spiro atoms. The summed E-state index contributed by atoms with van der Waals surface area (Å²) in [7, 11) is 1.23. The predicted molar refractivity (Wildman–Crippen MR) is 250 cm³/mol. The lowest BCUT2D eigenvalue weighted by Gasteiger charge is -2.34. The van der Waals surface area contributed by atoms with Gasteiger partial charge in [-0.2, -0.15) is 0 Å². The van der Waals surface area contributed by atoms with E-state index in [4.69, 9.17) is 14.2 Å².